The fourth-order valence-corrected chi connectivity index (χ4v) is 2.20. The highest BCUT2D eigenvalue weighted by molar-refractivity contribution is 5.33. The van der Waals surface area contributed by atoms with Crippen LogP contribution in [0, 0.1) is 5.92 Å². The molecule has 0 atom stereocenters. The lowest BCUT2D eigenvalue weighted by molar-refractivity contribution is -0.145. The van der Waals surface area contributed by atoms with E-state index in [9.17, 15) is 13.2 Å². The molecular formula is C12H16F3N3O. The molecule has 0 amide bonds. The molecule has 0 aliphatic heterocycles. The van der Waals surface area contributed by atoms with Gasteiger partial charge in [0.05, 0.1) is 6.61 Å². The Balaban J connectivity index is 2.01. The molecule has 2 N–H and O–H groups in total. The maximum absolute atomic E-state index is 12.5. The summed E-state index contributed by atoms with van der Waals surface area (Å²) in [5, 5.41) is 0. The van der Waals surface area contributed by atoms with Gasteiger partial charge < -0.3 is 10.5 Å². The molecule has 1 aliphatic carbocycles. The molecule has 0 saturated heterocycles. The molecule has 4 nitrogen and oxygen atoms in total. The van der Waals surface area contributed by atoms with E-state index in [0.717, 1.165) is 25.7 Å². The minimum Gasteiger partial charge on any atom is -0.477 e. The normalized spacial score (nSPS) is 17.4. The van der Waals surface area contributed by atoms with Gasteiger partial charge in [0, 0.05) is 6.07 Å². The third kappa shape index (κ3) is 3.97. The molecule has 1 fully saturated rings. The second-order valence-electron chi connectivity index (χ2n) is 4.77. The molecule has 1 aliphatic rings. The van der Waals surface area contributed by atoms with E-state index in [0.29, 0.717) is 12.5 Å². The van der Waals surface area contributed by atoms with Crippen LogP contribution in [-0.2, 0) is 6.18 Å². The SMILES string of the molecule is Nc1cc(OCC2CCCCC2)nc(C(F)(F)F)n1. The van der Waals surface area contributed by atoms with Gasteiger partial charge in [0.25, 0.3) is 0 Å². The lowest BCUT2D eigenvalue weighted by Crippen LogP contribution is -2.17. The van der Waals surface area contributed by atoms with Gasteiger partial charge in [-0.05, 0) is 18.8 Å². The number of nitrogen functional groups attached to an aromatic ring is 1. The number of rotatable bonds is 3. The molecule has 106 valence electrons. The fraction of sp³-hybridized carbons (Fsp3) is 0.667. The van der Waals surface area contributed by atoms with Gasteiger partial charge in [-0.3, -0.25) is 0 Å². The molecule has 1 aromatic heterocycles. The van der Waals surface area contributed by atoms with E-state index in [1.165, 1.54) is 12.5 Å². The van der Waals surface area contributed by atoms with Crippen LogP contribution in [0.4, 0.5) is 19.0 Å². The minimum absolute atomic E-state index is 0.106. The van der Waals surface area contributed by atoms with E-state index in [-0.39, 0.29) is 11.7 Å². The van der Waals surface area contributed by atoms with Crippen LogP contribution in [0.3, 0.4) is 0 Å². The van der Waals surface area contributed by atoms with Crippen molar-refractivity contribution < 1.29 is 17.9 Å². The van der Waals surface area contributed by atoms with Crippen LogP contribution in [0.5, 0.6) is 5.88 Å². The second-order valence-corrected chi connectivity index (χ2v) is 4.77. The Labute approximate surface area is 109 Å². The molecule has 0 bridgehead atoms. The first kappa shape index (κ1) is 13.9. The van der Waals surface area contributed by atoms with Crippen LogP contribution in [0.15, 0.2) is 6.07 Å². The van der Waals surface area contributed by atoms with E-state index >= 15 is 0 Å². The number of alkyl halides is 3. The topological polar surface area (TPSA) is 61.0 Å². The predicted molar refractivity (Wildman–Crippen MR) is 63.5 cm³/mol. The maximum Gasteiger partial charge on any atom is 0.451 e. The average molecular weight is 275 g/mol. The lowest BCUT2D eigenvalue weighted by atomic mass is 9.90. The molecule has 1 saturated carbocycles. The highest BCUT2D eigenvalue weighted by Crippen LogP contribution is 2.29. The summed E-state index contributed by atoms with van der Waals surface area (Å²) in [4.78, 5) is 6.51. The smallest absolute Gasteiger partial charge is 0.451 e. The van der Waals surface area contributed by atoms with Crippen molar-refractivity contribution in [3.8, 4) is 5.88 Å². The summed E-state index contributed by atoms with van der Waals surface area (Å²) < 4.78 is 42.9. The van der Waals surface area contributed by atoms with Gasteiger partial charge >= 0.3 is 6.18 Å². The lowest BCUT2D eigenvalue weighted by Gasteiger charge is -2.21. The van der Waals surface area contributed by atoms with E-state index in [4.69, 9.17) is 10.5 Å². The number of nitrogens with two attached hydrogens (primary N) is 1. The summed E-state index contributed by atoms with van der Waals surface area (Å²) in [5.41, 5.74) is 5.33. The first-order valence-corrected chi connectivity index (χ1v) is 6.29. The van der Waals surface area contributed by atoms with Gasteiger partial charge in [-0.1, -0.05) is 19.3 Å². The van der Waals surface area contributed by atoms with Crippen LogP contribution in [0.1, 0.15) is 37.9 Å². The Morgan fingerprint density at radius 2 is 1.89 bits per heavy atom. The summed E-state index contributed by atoms with van der Waals surface area (Å²) in [7, 11) is 0. The summed E-state index contributed by atoms with van der Waals surface area (Å²) in [5.74, 6) is -1.21. The molecule has 19 heavy (non-hydrogen) atoms. The third-order valence-corrected chi connectivity index (χ3v) is 3.17. The van der Waals surface area contributed by atoms with Crippen molar-refractivity contribution in [1.29, 1.82) is 0 Å². The molecule has 0 aromatic carbocycles. The first-order valence-electron chi connectivity index (χ1n) is 6.29. The Hall–Kier alpha value is -1.53. The summed E-state index contributed by atoms with van der Waals surface area (Å²) in [6.45, 7) is 0.383. The summed E-state index contributed by atoms with van der Waals surface area (Å²) in [6, 6.07) is 1.22. The van der Waals surface area contributed by atoms with E-state index in [1.807, 2.05) is 0 Å². The number of ether oxygens (including phenoxy) is 1. The van der Waals surface area contributed by atoms with Crippen molar-refractivity contribution >= 4 is 5.82 Å². The van der Waals surface area contributed by atoms with Gasteiger partial charge in [0.2, 0.25) is 11.7 Å². The standard InChI is InChI=1S/C12H16F3N3O/c13-12(14,15)11-17-9(16)6-10(18-11)19-7-8-4-2-1-3-5-8/h6,8H,1-5,7H2,(H2,16,17,18). The quantitative estimate of drug-likeness (QED) is 0.921. The third-order valence-electron chi connectivity index (χ3n) is 3.17. The van der Waals surface area contributed by atoms with Crippen molar-refractivity contribution in [1.82, 2.24) is 9.97 Å². The molecule has 0 unspecified atom stereocenters. The number of halogens is 3. The van der Waals surface area contributed by atoms with Crippen LogP contribution < -0.4 is 10.5 Å². The van der Waals surface area contributed by atoms with Gasteiger partial charge in [-0.15, -0.1) is 0 Å². The molecule has 7 heteroatoms. The predicted octanol–water partition coefficient (Wildman–Crippen LogP) is 3.04. The highest BCUT2D eigenvalue weighted by atomic mass is 19.4. The van der Waals surface area contributed by atoms with Gasteiger partial charge in [0.15, 0.2) is 0 Å². The average Bonchev–Trinajstić information content (AvgIpc) is 2.36. The van der Waals surface area contributed by atoms with Crippen molar-refractivity contribution in [2.24, 2.45) is 5.92 Å². The second kappa shape index (κ2) is 5.63. The monoisotopic (exact) mass is 275 g/mol. The van der Waals surface area contributed by atoms with Crippen LogP contribution >= 0.6 is 0 Å². The zero-order valence-corrected chi connectivity index (χ0v) is 10.4. The van der Waals surface area contributed by atoms with E-state index < -0.39 is 12.0 Å². The van der Waals surface area contributed by atoms with Crippen LogP contribution in [0.2, 0.25) is 0 Å². The Morgan fingerprint density at radius 1 is 1.21 bits per heavy atom. The Morgan fingerprint density at radius 3 is 2.53 bits per heavy atom. The van der Waals surface area contributed by atoms with Crippen LogP contribution in [-0.4, -0.2) is 16.6 Å². The van der Waals surface area contributed by atoms with Gasteiger partial charge in [-0.25, -0.2) is 4.98 Å². The largest absolute Gasteiger partial charge is 0.477 e. The van der Waals surface area contributed by atoms with Crippen molar-refractivity contribution in [3.63, 3.8) is 0 Å². The fourth-order valence-electron chi connectivity index (χ4n) is 2.20. The molecule has 0 spiro atoms. The number of aromatic nitrogens is 2. The molecule has 1 heterocycles. The number of nitrogens with zero attached hydrogens (tertiary/aromatic N) is 2. The van der Waals surface area contributed by atoms with Crippen LogP contribution in [0.25, 0.3) is 0 Å². The summed E-state index contributed by atoms with van der Waals surface area (Å²) in [6.07, 6.45) is 0.994. The molecule has 0 radical (unpaired) electrons. The number of anilines is 1. The van der Waals surface area contributed by atoms with E-state index in [1.54, 1.807) is 0 Å². The molecule has 1 aromatic rings. The number of hydrogen-bond acceptors (Lipinski definition) is 4. The van der Waals surface area contributed by atoms with Gasteiger partial charge in [-0.2, -0.15) is 18.2 Å². The Bertz CT molecular complexity index is 431. The maximum atomic E-state index is 12.5. The van der Waals surface area contributed by atoms with Crippen molar-refractivity contribution in [2.45, 2.75) is 38.3 Å². The molecule has 2 rings (SSSR count). The van der Waals surface area contributed by atoms with Gasteiger partial charge in [0.1, 0.15) is 5.82 Å². The number of hydrogen-bond donors (Lipinski definition) is 1. The Kier molecular flexibility index (Phi) is 4.11. The zero-order chi connectivity index (χ0) is 13.9. The molecular weight excluding hydrogens is 259 g/mol. The van der Waals surface area contributed by atoms with E-state index in [2.05, 4.69) is 9.97 Å². The summed E-state index contributed by atoms with van der Waals surface area (Å²) >= 11 is 0. The van der Waals surface area contributed by atoms with Crippen molar-refractivity contribution in [2.75, 3.05) is 12.3 Å². The zero-order valence-electron chi connectivity index (χ0n) is 10.4. The minimum atomic E-state index is -4.61. The first-order chi connectivity index (χ1) is 8.95. The van der Waals surface area contributed by atoms with Crippen molar-refractivity contribution in [3.05, 3.63) is 11.9 Å². The highest BCUT2D eigenvalue weighted by Gasteiger charge is 2.35.